The van der Waals surface area contributed by atoms with Gasteiger partial charge in [-0.2, -0.15) is 5.26 Å². The van der Waals surface area contributed by atoms with Crippen LogP contribution in [0.3, 0.4) is 0 Å². The van der Waals surface area contributed by atoms with Gasteiger partial charge in [-0.05, 0) is 30.7 Å². The van der Waals surface area contributed by atoms with Crippen LogP contribution in [0.25, 0.3) is 0 Å². The molecule has 0 unspecified atom stereocenters. The van der Waals surface area contributed by atoms with Crippen LogP contribution in [0.2, 0.25) is 0 Å². The molecule has 0 bridgehead atoms. The van der Waals surface area contributed by atoms with Crippen molar-refractivity contribution in [2.75, 3.05) is 25.0 Å². The number of benzene rings is 1. The molecule has 0 spiro atoms. The standard InChI is InChI=1S/C14H19N3O/c1-3-4-9-16-14(18)11-17(2)13-7-5-12(10-15)6-8-13/h5-8H,3-4,9,11H2,1-2H3,(H,16,18). The molecule has 0 heterocycles. The minimum Gasteiger partial charge on any atom is -0.365 e. The molecular weight excluding hydrogens is 226 g/mol. The number of nitrogens with zero attached hydrogens (tertiary/aromatic N) is 2. The summed E-state index contributed by atoms with van der Waals surface area (Å²) < 4.78 is 0. The Labute approximate surface area is 108 Å². The molecule has 0 saturated carbocycles. The number of nitrogens with one attached hydrogen (secondary N) is 1. The van der Waals surface area contributed by atoms with Crippen LogP contribution in [0.1, 0.15) is 25.3 Å². The Morgan fingerprint density at radius 1 is 1.39 bits per heavy atom. The average Bonchev–Trinajstić information content (AvgIpc) is 2.39. The van der Waals surface area contributed by atoms with E-state index in [2.05, 4.69) is 18.3 Å². The van der Waals surface area contributed by atoms with Crippen LogP contribution >= 0.6 is 0 Å². The minimum atomic E-state index is 0.0234. The molecule has 18 heavy (non-hydrogen) atoms. The summed E-state index contributed by atoms with van der Waals surface area (Å²) in [6, 6.07) is 9.26. The van der Waals surface area contributed by atoms with E-state index in [1.165, 1.54) is 0 Å². The van der Waals surface area contributed by atoms with Gasteiger partial charge >= 0.3 is 0 Å². The molecule has 0 aromatic heterocycles. The Morgan fingerprint density at radius 3 is 2.61 bits per heavy atom. The van der Waals surface area contributed by atoms with Crippen molar-refractivity contribution in [2.45, 2.75) is 19.8 Å². The van der Waals surface area contributed by atoms with E-state index in [4.69, 9.17) is 5.26 Å². The van der Waals surface area contributed by atoms with Crippen molar-refractivity contribution >= 4 is 11.6 Å². The largest absolute Gasteiger partial charge is 0.365 e. The topological polar surface area (TPSA) is 56.1 Å². The molecule has 1 rings (SSSR count). The van der Waals surface area contributed by atoms with Crippen LogP contribution in [0.5, 0.6) is 0 Å². The van der Waals surface area contributed by atoms with Gasteiger partial charge in [0.25, 0.3) is 0 Å². The number of likely N-dealkylation sites (N-methyl/N-ethyl adjacent to an activating group) is 1. The fourth-order valence-electron chi connectivity index (χ4n) is 1.56. The van der Waals surface area contributed by atoms with Crippen LogP contribution in [0.4, 0.5) is 5.69 Å². The van der Waals surface area contributed by atoms with Crippen molar-refractivity contribution in [2.24, 2.45) is 0 Å². The monoisotopic (exact) mass is 245 g/mol. The molecule has 1 aromatic carbocycles. The second-order valence-corrected chi connectivity index (χ2v) is 4.22. The average molecular weight is 245 g/mol. The SMILES string of the molecule is CCCCNC(=O)CN(C)c1ccc(C#N)cc1. The normalized spacial score (nSPS) is 9.61. The molecule has 0 aliphatic carbocycles. The van der Waals surface area contributed by atoms with Crippen molar-refractivity contribution in [3.63, 3.8) is 0 Å². The zero-order valence-electron chi connectivity index (χ0n) is 10.9. The Bertz CT molecular complexity index is 420. The molecule has 4 heteroatoms. The van der Waals surface area contributed by atoms with Crippen molar-refractivity contribution in [3.8, 4) is 6.07 Å². The highest BCUT2D eigenvalue weighted by molar-refractivity contribution is 5.81. The maximum Gasteiger partial charge on any atom is 0.239 e. The predicted octanol–water partition coefficient (Wildman–Crippen LogP) is 1.91. The van der Waals surface area contributed by atoms with Gasteiger partial charge in [-0.25, -0.2) is 0 Å². The number of hydrogen-bond donors (Lipinski definition) is 1. The third-order valence-electron chi connectivity index (χ3n) is 2.67. The lowest BCUT2D eigenvalue weighted by Gasteiger charge is -2.18. The highest BCUT2D eigenvalue weighted by atomic mass is 16.2. The van der Waals surface area contributed by atoms with Crippen LogP contribution in [0, 0.1) is 11.3 Å². The van der Waals surface area contributed by atoms with Crippen molar-refractivity contribution < 1.29 is 4.79 Å². The highest BCUT2D eigenvalue weighted by Gasteiger charge is 2.06. The molecule has 0 atom stereocenters. The first kappa shape index (κ1) is 14.0. The predicted molar refractivity (Wildman–Crippen MR) is 72.3 cm³/mol. The summed E-state index contributed by atoms with van der Waals surface area (Å²) in [6.07, 6.45) is 2.08. The first-order chi connectivity index (χ1) is 8.67. The molecule has 0 saturated heterocycles. The van der Waals surface area contributed by atoms with E-state index in [9.17, 15) is 4.79 Å². The molecule has 0 aliphatic rings. The second kappa shape index (κ2) is 7.33. The number of anilines is 1. The molecule has 0 radical (unpaired) electrons. The molecule has 96 valence electrons. The Balaban J connectivity index is 2.46. The van der Waals surface area contributed by atoms with Crippen molar-refractivity contribution in [3.05, 3.63) is 29.8 Å². The fraction of sp³-hybridized carbons (Fsp3) is 0.429. The number of carbonyl (C=O) groups is 1. The van der Waals surface area contributed by atoms with E-state index in [1.54, 1.807) is 12.1 Å². The van der Waals surface area contributed by atoms with Gasteiger partial charge in [0.1, 0.15) is 0 Å². The second-order valence-electron chi connectivity index (χ2n) is 4.22. The summed E-state index contributed by atoms with van der Waals surface area (Å²) in [4.78, 5) is 13.5. The van der Waals surface area contributed by atoms with Crippen molar-refractivity contribution in [1.29, 1.82) is 5.26 Å². The maximum atomic E-state index is 11.6. The number of rotatable bonds is 6. The van der Waals surface area contributed by atoms with E-state index in [1.807, 2.05) is 24.1 Å². The Morgan fingerprint density at radius 2 is 2.06 bits per heavy atom. The van der Waals surface area contributed by atoms with E-state index in [-0.39, 0.29) is 5.91 Å². The van der Waals surface area contributed by atoms with Crippen LogP contribution in [0.15, 0.2) is 24.3 Å². The van der Waals surface area contributed by atoms with Gasteiger partial charge in [-0.1, -0.05) is 13.3 Å². The van der Waals surface area contributed by atoms with Gasteiger partial charge in [0.05, 0.1) is 18.2 Å². The number of nitriles is 1. The van der Waals surface area contributed by atoms with Crippen LogP contribution in [-0.2, 0) is 4.79 Å². The lowest BCUT2D eigenvalue weighted by Crippen LogP contribution is -2.35. The summed E-state index contributed by atoms with van der Waals surface area (Å²) in [5.41, 5.74) is 1.55. The Hall–Kier alpha value is -2.02. The third kappa shape index (κ3) is 4.46. The van der Waals surface area contributed by atoms with Crippen molar-refractivity contribution in [1.82, 2.24) is 5.32 Å². The first-order valence-electron chi connectivity index (χ1n) is 6.15. The van der Waals surface area contributed by atoms with Gasteiger partial charge < -0.3 is 10.2 Å². The van der Waals surface area contributed by atoms with Gasteiger partial charge in [0.15, 0.2) is 0 Å². The molecule has 1 amide bonds. The zero-order valence-corrected chi connectivity index (χ0v) is 10.9. The summed E-state index contributed by atoms with van der Waals surface area (Å²) in [6.45, 7) is 3.15. The van der Waals surface area contributed by atoms with Crippen LogP contribution in [-0.4, -0.2) is 26.0 Å². The molecule has 1 aromatic rings. The van der Waals surface area contributed by atoms with E-state index in [0.29, 0.717) is 12.1 Å². The minimum absolute atomic E-state index is 0.0234. The molecule has 4 nitrogen and oxygen atoms in total. The Kier molecular flexibility index (Phi) is 5.72. The number of unbranched alkanes of at least 4 members (excludes halogenated alkanes) is 1. The van der Waals surface area contributed by atoms with Gasteiger partial charge in [-0.15, -0.1) is 0 Å². The van der Waals surface area contributed by atoms with Crippen LogP contribution < -0.4 is 10.2 Å². The number of amides is 1. The summed E-state index contributed by atoms with van der Waals surface area (Å²) in [5.74, 6) is 0.0234. The molecular formula is C14H19N3O. The third-order valence-corrected chi connectivity index (χ3v) is 2.67. The zero-order chi connectivity index (χ0) is 13.4. The smallest absolute Gasteiger partial charge is 0.239 e. The molecule has 1 N–H and O–H groups in total. The maximum absolute atomic E-state index is 11.6. The summed E-state index contributed by atoms with van der Waals surface area (Å²) in [7, 11) is 1.86. The highest BCUT2D eigenvalue weighted by Crippen LogP contribution is 2.12. The molecule has 0 fully saturated rings. The summed E-state index contributed by atoms with van der Waals surface area (Å²) >= 11 is 0. The lowest BCUT2D eigenvalue weighted by molar-refractivity contribution is -0.119. The van der Waals surface area contributed by atoms with Gasteiger partial charge in [-0.3, -0.25) is 4.79 Å². The van der Waals surface area contributed by atoms with Gasteiger partial charge in [0, 0.05) is 19.3 Å². The van der Waals surface area contributed by atoms with Gasteiger partial charge in [0.2, 0.25) is 5.91 Å². The number of hydrogen-bond acceptors (Lipinski definition) is 3. The lowest BCUT2D eigenvalue weighted by atomic mass is 10.2. The fourth-order valence-corrected chi connectivity index (χ4v) is 1.56. The van der Waals surface area contributed by atoms with E-state index in [0.717, 1.165) is 25.1 Å². The number of carbonyl (C=O) groups excluding carboxylic acids is 1. The van der Waals surface area contributed by atoms with E-state index >= 15 is 0 Å². The van der Waals surface area contributed by atoms with E-state index < -0.39 is 0 Å². The summed E-state index contributed by atoms with van der Waals surface area (Å²) in [5, 5.41) is 11.6. The quantitative estimate of drug-likeness (QED) is 0.779. The first-order valence-corrected chi connectivity index (χ1v) is 6.15. The molecule has 0 aliphatic heterocycles.